The molecule has 94 valence electrons. The lowest BCUT2D eigenvalue weighted by Crippen LogP contribution is -2.02. The standard InChI is InChI=1S/C13H13FN2OS/c1-9-3-2-4-16-13(9)8-18(17)12-6-10(14)5-11(15)7-12/h2-7H,8,15H2,1H3. The molecule has 1 atom stereocenters. The Morgan fingerprint density at radius 3 is 2.83 bits per heavy atom. The molecule has 1 heterocycles. The normalized spacial score (nSPS) is 12.3. The van der Waals surface area contributed by atoms with Crippen LogP contribution in [0.15, 0.2) is 41.4 Å². The van der Waals surface area contributed by atoms with Crippen LogP contribution in [0.2, 0.25) is 0 Å². The zero-order valence-electron chi connectivity index (χ0n) is 9.89. The number of aromatic nitrogens is 1. The van der Waals surface area contributed by atoms with Crippen molar-refractivity contribution in [2.75, 3.05) is 5.73 Å². The third-order valence-electron chi connectivity index (χ3n) is 2.54. The summed E-state index contributed by atoms with van der Waals surface area (Å²) in [6.45, 7) is 1.90. The van der Waals surface area contributed by atoms with E-state index in [1.807, 2.05) is 19.1 Å². The number of anilines is 1. The summed E-state index contributed by atoms with van der Waals surface area (Å²) in [7, 11) is -1.35. The summed E-state index contributed by atoms with van der Waals surface area (Å²) < 4.78 is 25.3. The Morgan fingerprint density at radius 1 is 1.39 bits per heavy atom. The highest BCUT2D eigenvalue weighted by Gasteiger charge is 2.10. The van der Waals surface area contributed by atoms with Gasteiger partial charge >= 0.3 is 0 Å². The van der Waals surface area contributed by atoms with Crippen LogP contribution in [-0.2, 0) is 16.6 Å². The number of hydrogen-bond donors (Lipinski definition) is 1. The van der Waals surface area contributed by atoms with E-state index in [-0.39, 0.29) is 11.4 Å². The van der Waals surface area contributed by atoms with Gasteiger partial charge in [-0.15, -0.1) is 0 Å². The Kier molecular flexibility index (Phi) is 3.72. The number of halogens is 1. The van der Waals surface area contributed by atoms with Gasteiger partial charge in [-0.1, -0.05) is 6.07 Å². The van der Waals surface area contributed by atoms with Gasteiger partial charge in [-0.2, -0.15) is 0 Å². The van der Waals surface area contributed by atoms with Crippen LogP contribution in [0, 0.1) is 12.7 Å². The summed E-state index contributed by atoms with van der Waals surface area (Å²) in [4.78, 5) is 4.56. The van der Waals surface area contributed by atoms with Crippen LogP contribution in [0.25, 0.3) is 0 Å². The highest BCUT2D eigenvalue weighted by molar-refractivity contribution is 7.84. The predicted octanol–water partition coefficient (Wildman–Crippen LogP) is 2.42. The van der Waals surface area contributed by atoms with Crippen LogP contribution < -0.4 is 5.73 Å². The largest absolute Gasteiger partial charge is 0.399 e. The number of nitrogen functional groups attached to an aromatic ring is 1. The van der Waals surface area contributed by atoms with Crippen molar-refractivity contribution < 1.29 is 8.60 Å². The molecule has 1 aromatic carbocycles. The molecule has 0 aliphatic heterocycles. The van der Waals surface area contributed by atoms with Crippen LogP contribution in [0.4, 0.5) is 10.1 Å². The first kappa shape index (κ1) is 12.7. The Bertz CT molecular complexity index is 581. The number of benzene rings is 1. The number of nitrogens with zero attached hydrogens (tertiary/aromatic N) is 1. The van der Waals surface area contributed by atoms with Gasteiger partial charge in [-0.05, 0) is 36.8 Å². The van der Waals surface area contributed by atoms with E-state index in [4.69, 9.17) is 5.73 Å². The Balaban J connectivity index is 2.25. The molecule has 0 radical (unpaired) electrons. The summed E-state index contributed by atoms with van der Waals surface area (Å²) >= 11 is 0. The minimum atomic E-state index is -1.35. The lowest BCUT2D eigenvalue weighted by molar-refractivity contribution is 0.623. The minimum Gasteiger partial charge on any atom is -0.399 e. The lowest BCUT2D eigenvalue weighted by Gasteiger charge is -2.06. The van der Waals surface area contributed by atoms with Crippen molar-refractivity contribution in [2.24, 2.45) is 0 Å². The monoisotopic (exact) mass is 264 g/mol. The summed E-state index contributed by atoms with van der Waals surface area (Å²) in [6, 6.07) is 7.69. The number of hydrogen-bond acceptors (Lipinski definition) is 3. The third-order valence-corrected chi connectivity index (χ3v) is 3.84. The van der Waals surface area contributed by atoms with Crippen molar-refractivity contribution in [1.82, 2.24) is 4.98 Å². The second kappa shape index (κ2) is 5.27. The third kappa shape index (κ3) is 2.92. The molecule has 1 aromatic heterocycles. The summed E-state index contributed by atoms with van der Waals surface area (Å²) in [5.41, 5.74) is 7.52. The molecule has 18 heavy (non-hydrogen) atoms. The second-order valence-electron chi connectivity index (χ2n) is 3.98. The number of aryl methyl sites for hydroxylation is 1. The predicted molar refractivity (Wildman–Crippen MR) is 69.9 cm³/mol. The van der Waals surface area contributed by atoms with E-state index in [9.17, 15) is 8.60 Å². The van der Waals surface area contributed by atoms with E-state index in [1.165, 1.54) is 18.2 Å². The maximum atomic E-state index is 13.2. The Hall–Kier alpha value is -1.75. The zero-order valence-corrected chi connectivity index (χ0v) is 10.7. The molecule has 0 saturated heterocycles. The highest BCUT2D eigenvalue weighted by Crippen LogP contribution is 2.17. The Labute approximate surface area is 107 Å². The molecule has 0 aliphatic carbocycles. The van der Waals surface area contributed by atoms with Gasteiger partial charge in [-0.3, -0.25) is 9.19 Å². The fraction of sp³-hybridized carbons (Fsp3) is 0.154. The number of pyridine rings is 1. The second-order valence-corrected chi connectivity index (χ2v) is 5.43. The molecule has 0 bridgehead atoms. The first-order valence-electron chi connectivity index (χ1n) is 5.41. The summed E-state index contributed by atoms with van der Waals surface area (Å²) in [5, 5.41) is 0. The van der Waals surface area contributed by atoms with Gasteiger partial charge in [0.25, 0.3) is 0 Å². The molecule has 5 heteroatoms. The van der Waals surface area contributed by atoms with E-state index in [1.54, 1.807) is 6.20 Å². The Morgan fingerprint density at radius 2 is 2.17 bits per heavy atom. The fourth-order valence-electron chi connectivity index (χ4n) is 1.59. The summed E-state index contributed by atoms with van der Waals surface area (Å²) in [5.74, 6) is -0.216. The highest BCUT2D eigenvalue weighted by atomic mass is 32.2. The molecule has 0 saturated carbocycles. The van der Waals surface area contributed by atoms with Crippen molar-refractivity contribution in [1.29, 1.82) is 0 Å². The molecule has 2 aromatic rings. The smallest absolute Gasteiger partial charge is 0.126 e. The van der Waals surface area contributed by atoms with Crippen LogP contribution in [0.3, 0.4) is 0 Å². The average Bonchev–Trinajstić information content (AvgIpc) is 2.31. The molecule has 1 unspecified atom stereocenters. The summed E-state index contributed by atoms with van der Waals surface area (Å²) in [6.07, 6.45) is 1.65. The minimum absolute atomic E-state index is 0.259. The number of rotatable bonds is 3. The average molecular weight is 264 g/mol. The van der Waals surface area contributed by atoms with Crippen LogP contribution in [0.5, 0.6) is 0 Å². The molecule has 3 nitrogen and oxygen atoms in total. The maximum absolute atomic E-state index is 13.2. The van der Waals surface area contributed by atoms with Gasteiger partial charge in [0, 0.05) is 16.8 Å². The van der Waals surface area contributed by atoms with E-state index in [2.05, 4.69) is 4.98 Å². The number of nitrogens with two attached hydrogens (primary N) is 1. The van der Waals surface area contributed by atoms with Gasteiger partial charge in [0.1, 0.15) is 5.82 Å². The van der Waals surface area contributed by atoms with Crippen molar-refractivity contribution >= 4 is 16.5 Å². The molecular weight excluding hydrogens is 251 g/mol. The van der Waals surface area contributed by atoms with Crippen LogP contribution in [0.1, 0.15) is 11.3 Å². The van der Waals surface area contributed by atoms with Crippen LogP contribution in [-0.4, -0.2) is 9.19 Å². The van der Waals surface area contributed by atoms with Gasteiger partial charge in [0.05, 0.1) is 22.2 Å². The molecule has 0 fully saturated rings. The zero-order chi connectivity index (χ0) is 13.1. The molecule has 2 N–H and O–H groups in total. The van der Waals surface area contributed by atoms with Gasteiger partial charge < -0.3 is 5.73 Å². The quantitative estimate of drug-likeness (QED) is 0.866. The SMILES string of the molecule is Cc1cccnc1CS(=O)c1cc(N)cc(F)c1. The van der Waals surface area contributed by atoms with Gasteiger partial charge in [0.2, 0.25) is 0 Å². The first-order valence-corrected chi connectivity index (χ1v) is 6.73. The van der Waals surface area contributed by atoms with E-state index in [0.717, 1.165) is 11.3 Å². The van der Waals surface area contributed by atoms with Crippen LogP contribution >= 0.6 is 0 Å². The topological polar surface area (TPSA) is 56.0 Å². The van der Waals surface area contributed by atoms with Crippen molar-refractivity contribution in [3.63, 3.8) is 0 Å². The maximum Gasteiger partial charge on any atom is 0.126 e. The molecular formula is C13H13FN2OS. The molecule has 0 amide bonds. The van der Waals surface area contributed by atoms with E-state index >= 15 is 0 Å². The lowest BCUT2D eigenvalue weighted by atomic mass is 10.2. The van der Waals surface area contributed by atoms with Gasteiger partial charge in [0.15, 0.2) is 0 Å². The van der Waals surface area contributed by atoms with Crippen molar-refractivity contribution in [3.05, 3.63) is 53.6 Å². The van der Waals surface area contributed by atoms with Crippen molar-refractivity contribution in [2.45, 2.75) is 17.6 Å². The van der Waals surface area contributed by atoms with Gasteiger partial charge in [-0.25, -0.2) is 4.39 Å². The molecule has 2 rings (SSSR count). The van der Waals surface area contributed by atoms with E-state index in [0.29, 0.717) is 4.90 Å². The fourth-order valence-corrected chi connectivity index (χ4v) is 2.82. The molecule has 0 aliphatic rings. The van der Waals surface area contributed by atoms with Crippen molar-refractivity contribution in [3.8, 4) is 0 Å². The molecule has 0 spiro atoms. The van der Waals surface area contributed by atoms with E-state index < -0.39 is 16.6 Å². The first-order chi connectivity index (χ1) is 8.56.